The van der Waals surface area contributed by atoms with E-state index in [1.807, 2.05) is 39.8 Å². The molecule has 3 nitrogen and oxygen atoms in total. The van der Waals surface area contributed by atoms with Gasteiger partial charge in [0.1, 0.15) is 5.75 Å². The van der Waals surface area contributed by atoms with Crippen LogP contribution in [0, 0.1) is 13.8 Å². The van der Waals surface area contributed by atoms with Crippen LogP contribution in [0.4, 0.5) is 0 Å². The van der Waals surface area contributed by atoms with Crippen LogP contribution < -0.4 is 10.1 Å². The van der Waals surface area contributed by atoms with Gasteiger partial charge in [-0.3, -0.25) is 4.79 Å². The van der Waals surface area contributed by atoms with Gasteiger partial charge in [-0.2, -0.15) is 0 Å². The van der Waals surface area contributed by atoms with Crippen LogP contribution >= 0.6 is 0 Å². The third-order valence-corrected chi connectivity index (χ3v) is 3.29. The van der Waals surface area contributed by atoms with Gasteiger partial charge in [0.2, 0.25) is 5.91 Å². The minimum Gasteiger partial charge on any atom is -0.493 e. The first-order valence-electron chi connectivity index (χ1n) is 6.85. The minimum atomic E-state index is -0.143. The highest BCUT2D eigenvalue weighted by Gasteiger charge is 2.17. The molecule has 0 saturated carbocycles. The van der Waals surface area contributed by atoms with E-state index in [1.54, 1.807) is 0 Å². The molecule has 3 heteroatoms. The van der Waals surface area contributed by atoms with Crippen molar-refractivity contribution >= 4 is 5.91 Å². The van der Waals surface area contributed by atoms with E-state index in [2.05, 4.69) is 18.3 Å². The van der Waals surface area contributed by atoms with E-state index in [-0.39, 0.29) is 11.4 Å². The Hall–Kier alpha value is -1.51. The summed E-state index contributed by atoms with van der Waals surface area (Å²) in [4.78, 5) is 11.8. The molecule has 1 aromatic rings. The second kappa shape index (κ2) is 6.60. The first-order chi connectivity index (χ1) is 8.84. The molecule has 19 heavy (non-hydrogen) atoms. The van der Waals surface area contributed by atoms with E-state index >= 15 is 0 Å². The van der Waals surface area contributed by atoms with Gasteiger partial charge < -0.3 is 10.1 Å². The molecule has 0 unspecified atom stereocenters. The highest BCUT2D eigenvalue weighted by atomic mass is 16.5. The van der Waals surface area contributed by atoms with Crippen molar-refractivity contribution in [1.29, 1.82) is 0 Å². The third-order valence-electron chi connectivity index (χ3n) is 3.29. The maximum Gasteiger partial charge on any atom is 0.223 e. The normalized spacial score (nSPS) is 11.2. The van der Waals surface area contributed by atoms with Crippen LogP contribution in [0.25, 0.3) is 0 Å². The zero-order valence-corrected chi connectivity index (χ0v) is 12.7. The predicted molar refractivity (Wildman–Crippen MR) is 78.5 cm³/mol. The molecule has 1 N–H and O–H groups in total. The highest BCUT2D eigenvalue weighted by molar-refractivity contribution is 5.76. The Labute approximate surface area is 116 Å². The summed E-state index contributed by atoms with van der Waals surface area (Å²) in [7, 11) is 0. The van der Waals surface area contributed by atoms with Gasteiger partial charge >= 0.3 is 0 Å². The number of hydrogen-bond donors (Lipinski definition) is 1. The Morgan fingerprint density at radius 1 is 1.32 bits per heavy atom. The Bertz CT molecular complexity index is 438. The Morgan fingerprint density at radius 3 is 2.63 bits per heavy atom. The first kappa shape index (κ1) is 15.5. The lowest BCUT2D eigenvalue weighted by molar-refractivity contribution is -0.123. The lowest BCUT2D eigenvalue weighted by atomic mass is 10.0. The first-order valence-corrected chi connectivity index (χ1v) is 6.85. The number of benzene rings is 1. The van der Waals surface area contributed by atoms with Crippen LogP contribution in [0.3, 0.4) is 0 Å². The monoisotopic (exact) mass is 263 g/mol. The minimum absolute atomic E-state index is 0.0390. The maximum absolute atomic E-state index is 11.8. The number of rotatable bonds is 6. The molecule has 0 aliphatic carbocycles. The van der Waals surface area contributed by atoms with Gasteiger partial charge in [-0.05, 0) is 51.3 Å². The van der Waals surface area contributed by atoms with Crippen LogP contribution in [0.2, 0.25) is 0 Å². The van der Waals surface area contributed by atoms with Crippen molar-refractivity contribution < 1.29 is 9.53 Å². The fraction of sp³-hybridized carbons (Fsp3) is 0.562. The maximum atomic E-state index is 11.8. The number of ether oxygens (including phenoxy) is 1. The average molecular weight is 263 g/mol. The lowest BCUT2D eigenvalue weighted by Crippen LogP contribution is -2.43. The van der Waals surface area contributed by atoms with Crippen molar-refractivity contribution in [1.82, 2.24) is 5.32 Å². The summed E-state index contributed by atoms with van der Waals surface area (Å²) >= 11 is 0. The molecular formula is C16H25NO2. The number of aryl methyl sites for hydroxylation is 2. The number of nitrogens with one attached hydrogen (secondary N) is 1. The van der Waals surface area contributed by atoms with Gasteiger partial charge in [-0.15, -0.1) is 0 Å². The lowest BCUT2D eigenvalue weighted by Gasteiger charge is -2.24. The topological polar surface area (TPSA) is 38.3 Å². The van der Waals surface area contributed by atoms with Gasteiger partial charge in [-0.25, -0.2) is 0 Å². The van der Waals surface area contributed by atoms with Gasteiger partial charge in [-0.1, -0.05) is 19.1 Å². The Morgan fingerprint density at radius 2 is 2.00 bits per heavy atom. The standard InChI is InChI=1S/C16H25NO2/c1-6-16(4,5)17-15(18)9-10-19-14-11-12(2)7-8-13(14)3/h7-8,11H,6,9-10H2,1-5H3,(H,17,18). The summed E-state index contributed by atoms with van der Waals surface area (Å²) in [5, 5.41) is 3.00. The van der Waals surface area contributed by atoms with Crippen LogP contribution in [-0.4, -0.2) is 18.1 Å². The summed E-state index contributed by atoms with van der Waals surface area (Å²) in [6.45, 7) is 10.6. The second-order valence-electron chi connectivity index (χ2n) is 5.65. The summed E-state index contributed by atoms with van der Waals surface area (Å²) in [6, 6.07) is 6.09. The van der Waals surface area contributed by atoms with Gasteiger partial charge in [0.25, 0.3) is 0 Å². The predicted octanol–water partition coefficient (Wildman–Crippen LogP) is 3.38. The molecule has 0 saturated heterocycles. The van der Waals surface area contributed by atoms with Crippen molar-refractivity contribution in [2.24, 2.45) is 0 Å². The van der Waals surface area contributed by atoms with E-state index < -0.39 is 0 Å². The van der Waals surface area contributed by atoms with E-state index in [0.717, 1.165) is 23.3 Å². The quantitative estimate of drug-likeness (QED) is 0.854. The highest BCUT2D eigenvalue weighted by Crippen LogP contribution is 2.19. The SMILES string of the molecule is CCC(C)(C)NC(=O)CCOc1cc(C)ccc1C. The summed E-state index contributed by atoms with van der Waals surface area (Å²) in [5.41, 5.74) is 2.12. The van der Waals surface area contributed by atoms with Gasteiger partial charge in [0.15, 0.2) is 0 Å². The second-order valence-corrected chi connectivity index (χ2v) is 5.65. The van der Waals surface area contributed by atoms with Crippen molar-refractivity contribution in [3.05, 3.63) is 29.3 Å². The molecule has 0 fully saturated rings. The molecular weight excluding hydrogens is 238 g/mol. The molecule has 1 rings (SSSR count). The van der Waals surface area contributed by atoms with Crippen LogP contribution in [0.5, 0.6) is 5.75 Å². The van der Waals surface area contributed by atoms with Crippen LogP contribution in [0.15, 0.2) is 18.2 Å². The van der Waals surface area contributed by atoms with Gasteiger partial charge in [0, 0.05) is 5.54 Å². The summed E-state index contributed by atoms with van der Waals surface area (Å²) < 4.78 is 5.68. The van der Waals surface area contributed by atoms with Crippen molar-refractivity contribution in [2.75, 3.05) is 6.61 Å². The van der Waals surface area contributed by atoms with Crippen LogP contribution in [0.1, 0.15) is 44.7 Å². The number of carbonyl (C=O) groups is 1. The average Bonchev–Trinajstić information content (AvgIpc) is 2.33. The van der Waals surface area contributed by atoms with E-state index in [9.17, 15) is 4.79 Å². The van der Waals surface area contributed by atoms with Crippen molar-refractivity contribution in [3.8, 4) is 5.75 Å². The number of hydrogen-bond acceptors (Lipinski definition) is 2. The largest absolute Gasteiger partial charge is 0.493 e. The molecule has 0 radical (unpaired) electrons. The Kier molecular flexibility index (Phi) is 5.40. The third kappa shape index (κ3) is 5.33. The molecule has 0 aromatic heterocycles. The van der Waals surface area contributed by atoms with Gasteiger partial charge in [0.05, 0.1) is 13.0 Å². The van der Waals surface area contributed by atoms with Crippen molar-refractivity contribution in [2.45, 2.75) is 53.0 Å². The number of carbonyl (C=O) groups excluding carboxylic acids is 1. The smallest absolute Gasteiger partial charge is 0.223 e. The Balaban J connectivity index is 2.42. The molecule has 1 aromatic carbocycles. The summed E-state index contributed by atoms with van der Waals surface area (Å²) in [5.74, 6) is 0.903. The molecule has 0 heterocycles. The molecule has 1 amide bonds. The zero-order chi connectivity index (χ0) is 14.5. The summed E-state index contributed by atoms with van der Waals surface area (Å²) in [6.07, 6.45) is 1.30. The zero-order valence-electron chi connectivity index (χ0n) is 12.7. The van der Waals surface area contributed by atoms with E-state index in [1.165, 1.54) is 0 Å². The van der Waals surface area contributed by atoms with E-state index in [4.69, 9.17) is 4.74 Å². The fourth-order valence-electron chi connectivity index (χ4n) is 1.64. The van der Waals surface area contributed by atoms with E-state index in [0.29, 0.717) is 13.0 Å². The van der Waals surface area contributed by atoms with Crippen LogP contribution in [-0.2, 0) is 4.79 Å². The number of amides is 1. The fourth-order valence-corrected chi connectivity index (χ4v) is 1.64. The molecule has 106 valence electrons. The molecule has 0 atom stereocenters. The molecule has 0 aliphatic rings. The molecule has 0 bridgehead atoms. The molecule has 0 aliphatic heterocycles. The molecule has 0 spiro atoms. The van der Waals surface area contributed by atoms with Crippen molar-refractivity contribution in [3.63, 3.8) is 0 Å².